The van der Waals surface area contributed by atoms with E-state index in [9.17, 15) is 4.79 Å². The molecule has 1 aliphatic rings. The maximum Gasteiger partial charge on any atom is 0.221 e. The molecule has 0 aromatic carbocycles. The van der Waals surface area contributed by atoms with Gasteiger partial charge in [0.1, 0.15) is 0 Å². The van der Waals surface area contributed by atoms with Crippen LogP contribution in [0, 0.1) is 0 Å². The van der Waals surface area contributed by atoms with Crippen LogP contribution in [-0.2, 0) is 4.79 Å². The van der Waals surface area contributed by atoms with Crippen molar-refractivity contribution in [3.63, 3.8) is 0 Å². The van der Waals surface area contributed by atoms with Gasteiger partial charge >= 0.3 is 0 Å². The molecule has 3 N–H and O–H groups in total. The van der Waals surface area contributed by atoms with Gasteiger partial charge in [-0.15, -0.1) is 0 Å². The first kappa shape index (κ1) is 10.5. The molecule has 1 heterocycles. The van der Waals surface area contributed by atoms with Crippen LogP contribution < -0.4 is 16.0 Å². The summed E-state index contributed by atoms with van der Waals surface area (Å²) in [5, 5.41) is 9.31. The van der Waals surface area contributed by atoms with Crippen LogP contribution in [0.2, 0.25) is 0 Å². The Morgan fingerprint density at radius 3 is 2.92 bits per heavy atom. The number of nitrogens with one attached hydrogen (secondary N) is 3. The predicted molar refractivity (Wildman–Crippen MR) is 52.6 cm³/mol. The fourth-order valence-electron chi connectivity index (χ4n) is 1.57. The number of carbonyl (C=O) groups excluding carboxylic acids is 1. The molecule has 13 heavy (non-hydrogen) atoms. The average Bonchev–Trinajstić information content (AvgIpc) is 2.52. The van der Waals surface area contributed by atoms with Crippen molar-refractivity contribution in [2.75, 3.05) is 26.7 Å². The molecule has 4 nitrogen and oxygen atoms in total. The zero-order valence-corrected chi connectivity index (χ0v) is 8.44. The van der Waals surface area contributed by atoms with E-state index in [4.69, 9.17) is 0 Å². The second-order valence-corrected chi connectivity index (χ2v) is 3.84. The second kappa shape index (κ2) is 4.58. The number of hydrogen-bond acceptors (Lipinski definition) is 3. The van der Waals surface area contributed by atoms with Gasteiger partial charge in [-0.1, -0.05) is 0 Å². The van der Waals surface area contributed by atoms with Crippen molar-refractivity contribution in [2.24, 2.45) is 0 Å². The van der Waals surface area contributed by atoms with Crippen molar-refractivity contribution in [1.29, 1.82) is 0 Å². The molecule has 1 atom stereocenters. The first-order chi connectivity index (χ1) is 6.16. The summed E-state index contributed by atoms with van der Waals surface area (Å²) in [6.07, 6.45) is 1.70. The van der Waals surface area contributed by atoms with Gasteiger partial charge in [-0.05, 0) is 19.9 Å². The summed E-state index contributed by atoms with van der Waals surface area (Å²) < 4.78 is 0. The van der Waals surface area contributed by atoms with Crippen LogP contribution in [-0.4, -0.2) is 38.1 Å². The van der Waals surface area contributed by atoms with E-state index in [2.05, 4.69) is 22.9 Å². The van der Waals surface area contributed by atoms with Gasteiger partial charge in [0.2, 0.25) is 5.91 Å². The Hall–Kier alpha value is -0.610. The first-order valence-corrected chi connectivity index (χ1v) is 4.83. The Kier molecular flexibility index (Phi) is 3.69. The summed E-state index contributed by atoms with van der Waals surface area (Å²) in [5.41, 5.74) is 0.189. The summed E-state index contributed by atoms with van der Waals surface area (Å²) >= 11 is 0. The third-order valence-electron chi connectivity index (χ3n) is 2.55. The largest absolute Gasteiger partial charge is 0.359 e. The molecule has 0 spiro atoms. The highest BCUT2D eigenvalue weighted by molar-refractivity contribution is 5.75. The lowest BCUT2D eigenvalue weighted by Gasteiger charge is -2.24. The molecule has 76 valence electrons. The van der Waals surface area contributed by atoms with E-state index in [1.807, 2.05) is 0 Å². The zero-order valence-electron chi connectivity index (χ0n) is 8.44. The summed E-state index contributed by atoms with van der Waals surface area (Å²) in [5.74, 6) is 0.0991. The fraction of sp³-hybridized carbons (Fsp3) is 0.889. The Morgan fingerprint density at radius 2 is 2.38 bits per heavy atom. The van der Waals surface area contributed by atoms with Crippen molar-refractivity contribution < 1.29 is 4.79 Å². The molecule has 0 aromatic rings. The van der Waals surface area contributed by atoms with Crippen LogP contribution in [0.4, 0.5) is 0 Å². The van der Waals surface area contributed by atoms with Crippen LogP contribution in [0.15, 0.2) is 0 Å². The van der Waals surface area contributed by atoms with E-state index in [-0.39, 0.29) is 11.4 Å². The normalized spacial score (nSPS) is 27.5. The van der Waals surface area contributed by atoms with E-state index in [0.717, 1.165) is 26.1 Å². The number of amides is 1. The van der Waals surface area contributed by atoms with Gasteiger partial charge < -0.3 is 16.0 Å². The number of hydrogen-bond donors (Lipinski definition) is 3. The monoisotopic (exact) mass is 185 g/mol. The standard InChI is InChI=1S/C9H19N3O/c1-9(4-6-11-7-9)12-5-3-8(13)10-2/h11-12H,3-7H2,1-2H3,(H,10,13). The second-order valence-electron chi connectivity index (χ2n) is 3.84. The van der Waals surface area contributed by atoms with Gasteiger partial charge in [-0.2, -0.15) is 0 Å². The molecule has 0 radical (unpaired) electrons. The van der Waals surface area contributed by atoms with E-state index in [1.165, 1.54) is 0 Å². The summed E-state index contributed by atoms with van der Waals surface area (Å²) in [6, 6.07) is 0. The SMILES string of the molecule is CNC(=O)CCNC1(C)CCNC1. The van der Waals surface area contributed by atoms with Gasteiger partial charge in [0, 0.05) is 32.1 Å². The van der Waals surface area contributed by atoms with Crippen molar-refractivity contribution in [3.8, 4) is 0 Å². The summed E-state index contributed by atoms with van der Waals surface area (Å²) in [7, 11) is 1.67. The van der Waals surface area contributed by atoms with E-state index in [1.54, 1.807) is 7.05 Å². The van der Waals surface area contributed by atoms with Gasteiger partial charge in [0.25, 0.3) is 0 Å². The molecule has 1 amide bonds. The van der Waals surface area contributed by atoms with Gasteiger partial charge in [-0.3, -0.25) is 4.79 Å². The molecule has 0 aromatic heterocycles. The molecule has 1 rings (SSSR count). The molecular formula is C9H19N3O. The average molecular weight is 185 g/mol. The maximum atomic E-state index is 10.9. The van der Waals surface area contributed by atoms with Crippen molar-refractivity contribution in [2.45, 2.75) is 25.3 Å². The minimum atomic E-state index is 0.0991. The summed E-state index contributed by atoms with van der Waals surface area (Å²) in [6.45, 7) is 5.03. The van der Waals surface area contributed by atoms with Crippen molar-refractivity contribution in [3.05, 3.63) is 0 Å². The molecular weight excluding hydrogens is 166 g/mol. The highest BCUT2D eigenvalue weighted by Crippen LogP contribution is 2.12. The Bertz CT molecular complexity index is 176. The molecule has 4 heteroatoms. The van der Waals surface area contributed by atoms with Crippen LogP contribution >= 0.6 is 0 Å². The summed E-state index contributed by atoms with van der Waals surface area (Å²) in [4.78, 5) is 10.9. The van der Waals surface area contributed by atoms with Gasteiger partial charge in [-0.25, -0.2) is 0 Å². The highest BCUT2D eigenvalue weighted by atomic mass is 16.1. The predicted octanol–water partition coefficient (Wildman–Crippen LogP) is -0.536. The third kappa shape index (κ3) is 3.32. The molecule has 1 aliphatic heterocycles. The smallest absolute Gasteiger partial charge is 0.221 e. The Morgan fingerprint density at radius 1 is 1.62 bits per heavy atom. The molecule has 0 saturated carbocycles. The highest BCUT2D eigenvalue weighted by Gasteiger charge is 2.27. The lowest BCUT2D eigenvalue weighted by Crippen LogP contribution is -2.45. The van der Waals surface area contributed by atoms with Crippen LogP contribution in [0.25, 0.3) is 0 Å². The number of carbonyl (C=O) groups is 1. The van der Waals surface area contributed by atoms with Crippen LogP contribution in [0.1, 0.15) is 19.8 Å². The van der Waals surface area contributed by atoms with E-state index < -0.39 is 0 Å². The lowest BCUT2D eigenvalue weighted by atomic mass is 10.0. The number of rotatable bonds is 4. The fourth-order valence-corrected chi connectivity index (χ4v) is 1.57. The van der Waals surface area contributed by atoms with Crippen molar-refractivity contribution in [1.82, 2.24) is 16.0 Å². The van der Waals surface area contributed by atoms with Crippen molar-refractivity contribution >= 4 is 5.91 Å². The van der Waals surface area contributed by atoms with Gasteiger partial charge in [0.15, 0.2) is 0 Å². The first-order valence-electron chi connectivity index (χ1n) is 4.83. The van der Waals surface area contributed by atoms with E-state index >= 15 is 0 Å². The van der Waals surface area contributed by atoms with E-state index in [0.29, 0.717) is 6.42 Å². The maximum absolute atomic E-state index is 10.9. The Balaban J connectivity index is 2.14. The quantitative estimate of drug-likeness (QED) is 0.551. The molecule has 0 aliphatic carbocycles. The Labute approximate surface area is 79.5 Å². The molecule has 0 bridgehead atoms. The molecule has 1 unspecified atom stereocenters. The topological polar surface area (TPSA) is 53.2 Å². The molecule has 1 fully saturated rings. The third-order valence-corrected chi connectivity index (χ3v) is 2.55. The van der Waals surface area contributed by atoms with Gasteiger partial charge in [0.05, 0.1) is 0 Å². The van der Waals surface area contributed by atoms with Crippen LogP contribution in [0.5, 0.6) is 0 Å². The lowest BCUT2D eigenvalue weighted by molar-refractivity contribution is -0.120. The minimum Gasteiger partial charge on any atom is -0.359 e. The molecule has 1 saturated heterocycles. The minimum absolute atomic E-state index is 0.0991. The zero-order chi connectivity index (χ0) is 9.73. The van der Waals surface area contributed by atoms with Crippen LogP contribution in [0.3, 0.4) is 0 Å².